The molecular weight excluding hydrogens is 521 g/mol. The van der Waals surface area contributed by atoms with E-state index in [1.165, 1.54) is 12.2 Å². The van der Waals surface area contributed by atoms with Gasteiger partial charge in [0.05, 0.1) is 0 Å². The minimum Gasteiger partial charge on any atom is -0.452 e. The molecule has 0 fully saturated rings. The molecule has 1 heterocycles. The molecule has 0 unspecified atom stereocenters. The molecule has 2 aromatic rings. The Bertz CT molecular complexity index is 1150. The van der Waals surface area contributed by atoms with Crippen molar-refractivity contribution in [2.75, 3.05) is 0 Å². The average molecular weight is 565 g/mol. The zero-order valence-electron chi connectivity index (χ0n) is 24.9. The smallest absolute Gasteiger partial charge is 0.331 e. The van der Waals surface area contributed by atoms with Gasteiger partial charge in [-0.25, -0.2) is 4.79 Å². The summed E-state index contributed by atoms with van der Waals surface area (Å²) in [6.45, 7) is 19.2. The summed E-state index contributed by atoms with van der Waals surface area (Å²) in [5, 5.41) is 1.97. The Morgan fingerprint density at radius 2 is 1.41 bits per heavy atom. The first kappa shape index (κ1) is 30.9. The highest BCUT2D eigenvalue weighted by atomic mass is 28.4. The predicted molar refractivity (Wildman–Crippen MR) is 163 cm³/mol. The Labute approximate surface area is 236 Å². The van der Waals surface area contributed by atoms with Crippen molar-refractivity contribution >= 4 is 38.8 Å². The fraction of sp³-hybridized carbons (Fsp3) is 0.438. The van der Waals surface area contributed by atoms with Gasteiger partial charge < -0.3 is 13.6 Å². The van der Waals surface area contributed by atoms with E-state index in [0.717, 1.165) is 10.4 Å². The van der Waals surface area contributed by atoms with Crippen LogP contribution in [-0.2, 0) is 23.2 Å². The topological polar surface area (TPSA) is 61.8 Å². The largest absolute Gasteiger partial charge is 0.452 e. The van der Waals surface area contributed by atoms with Crippen LogP contribution in [0, 0.1) is 0 Å². The number of hydrogen-bond acceptors (Lipinski definition) is 5. The van der Waals surface area contributed by atoms with Gasteiger partial charge in [0, 0.05) is 6.08 Å². The van der Waals surface area contributed by atoms with Gasteiger partial charge in [0.2, 0.25) is 0 Å². The minimum absolute atomic E-state index is 0.00940. The Balaban J connectivity index is 1.91. The number of hydrogen-bond donors (Lipinski definition) is 0. The maximum Gasteiger partial charge on any atom is 0.331 e. The lowest BCUT2D eigenvalue weighted by Crippen LogP contribution is -2.68. The van der Waals surface area contributed by atoms with Crippen LogP contribution < -0.4 is 10.4 Å². The molecule has 5 nitrogen and oxygen atoms in total. The second kappa shape index (κ2) is 11.9. The lowest BCUT2D eigenvalue weighted by Gasteiger charge is -2.44. The molecule has 210 valence electrons. The third kappa shape index (κ3) is 6.95. The zero-order valence-corrected chi connectivity index (χ0v) is 26.9. The van der Waals surface area contributed by atoms with Crippen molar-refractivity contribution in [3.8, 4) is 0 Å². The van der Waals surface area contributed by atoms with E-state index in [-0.39, 0.29) is 15.9 Å². The highest BCUT2D eigenvalue weighted by Crippen LogP contribution is 2.39. The Hall–Kier alpha value is -2.59. The quantitative estimate of drug-likeness (QED) is 0.214. The van der Waals surface area contributed by atoms with Crippen LogP contribution in [0.25, 0.3) is 0 Å². The van der Waals surface area contributed by atoms with Crippen molar-refractivity contribution in [3.05, 3.63) is 85.0 Å². The molecule has 2 aromatic carbocycles. The second-order valence-electron chi connectivity index (χ2n) is 12.8. The molecule has 7 heteroatoms. The van der Waals surface area contributed by atoms with Gasteiger partial charge >= 0.3 is 5.97 Å². The standard InChI is InChI=1S/C32H44O5Si2/c1-24(27(33)20-21-28-29(22-23-30(34)35-28)37-38(8,9)31(2,3)4)36-39(32(5,6)7,25-16-12-10-13-17-25)26-18-14-11-15-19-26/h10-24,28-29H,1-9H3/b21-20+/t24-,28-,29-/m0/s1. The van der Waals surface area contributed by atoms with Crippen molar-refractivity contribution in [2.24, 2.45) is 0 Å². The van der Waals surface area contributed by atoms with Crippen LogP contribution in [0.5, 0.6) is 0 Å². The lowest BCUT2D eigenvalue weighted by atomic mass is 10.1. The fourth-order valence-electron chi connectivity index (χ4n) is 4.64. The summed E-state index contributed by atoms with van der Waals surface area (Å²) < 4.78 is 19.0. The Morgan fingerprint density at radius 3 is 1.87 bits per heavy atom. The predicted octanol–water partition coefficient (Wildman–Crippen LogP) is 5.95. The summed E-state index contributed by atoms with van der Waals surface area (Å²) >= 11 is 0. The average Bonchev–Trinajstić information content (AvgIpc) is 2.86. The van der Waals surface area contributed by atoms with Crippen LogP contribution in [0.2, 0.25) is 23.2 Å². The third-order valence-electron chi connectivity index (χ3n) is 7.86. The van der Waals surface area contributed by atoms with Gasteiger partial charge in [-0.05, 0) is 58.7 Å². The summed E-state index contributed by atoms with van der Waals surface area (Å²) in [6, 6.07) is 20.5. The van der Waals surface area contributed by atoms with Crippen LogP contribution in [0.4, 0.5) is 0 Å². The monoisotopic (exact) mass is 564 g/mol. The number of ether oxygens (including phenoxy) is 1. The van der Waals surface area contributed by atoms with Crippen LogP contribution in [0.1, 0.15) is 48.5 Å². The minimum atomic E-state index is -2.89. The SMILES string of the molecule is C[C@H](O[Si](c1ccccc1)(c1ccccc1)C(C)(C)C)C(=O)/C=C/[C@@H]1OC(=O)C=C[C@@H]1O[Si](C)(C)C(C)(C)C. The summed E-state index contributed by atoms with van der Waals surface area (Å²) in [5.74, 6) is -0.622. The maximum absolute atomic E-state index is 13.5. The number of cyclic esters (lactones) is 1. The van der Waals surface area contributed by atoms with Crippen molar-refractivity contribution in [1.82, 2.24) is 0 Å². The maximum atomic E-state index is 13.5. The van der Waals surface area contributed by atoms with E-state index in [1.54, 1.807) is 12.2 Å². The van der Waals surface area contributed by atoms with Crippen molar-refractivity contribution in [1.29, 1.82) is 0 Å². The van der Waals surface area contributed by atoms with Gasteiger partial charge in [0.1, 0.15) is 18.3 Å². The molecule has 0 saturated heterocycles. The molecule has 0 saturated carbocycles. The summed E-state index contributed by atoms with van der Waals surface area (Å²) in [5.41, 5.74) is 0. The number of ketones is 1. The summed E-state index contributed by atoms with van der Waals surface area (Å²) in [4.78, 5) is 25.6. The molecule has 0 spiro atoms. The molecule has 0 amide bonds. The summed E-state index contributed by atoms with van der Waals surface area (Å²) in [7, 11) is -5.03. The molecule has 3 rings (SSSR count). The van der Waals surface area contributed by atoms with Gasteiger partial charge in [-0.1, -0.05) is 102 Å². The van der Waals surface area contributed by atoms with E-state index >= 15 is 0 Å². The first-order chi connectivity index (χ1) is 18.1. The molecule has 1 aliphatic rings. The van der Waals surface area contributed by atoms with Crippen LogP contribution >= 0.6 is 0 Å². The Kier molecular flexibility index (Phi) is 9.43. The molecule has 39 heavy (non-hydrogen) atoms. The number of carbonyl (C=O) groups is 2. The number of rotatable bonds is 9. The molecule has 0 aromatic heterocycles. The molecule has 1 aliphatic heterocycles. The molecule has 0 aliphatic carbocycles. The molecule has 0 N–H and O–H groups in total. The first-order valence-corrected chi connectivity index (χ1v) is 18.5. The molecular formula is C32H44O5Si2. The van der Waals surface area contributed by atoms with Gasteiger partial charge in [-0.2, -0.15) is 0 Å². The van der Waals surface area contributed by atoms with Crippen LogP contribution in [0.3, 0.4) is 0 Å². The van der Waals surface area contributed by atoms with Crippen LogP contribution in [0.15, 0.2) is 85.0 Å². The van der Waals surface area contributed by atoms with E-state index in [4.69, 9.17) is 13.6 Å². The first-order valence-electron chi connectivity index (χ1n) is 13.7. The molecule has 0 radical (unpaired) electrons. The number of carbonyl (C=O) groups excluding carboxylic acids is 2. The van der Waals surface area contributed by atoms with E-state index in [0.29, 0.717) is 0 Å². The van der Waals surface area contributed by atoms with E-state index in [9.17, 15) is 9.59 Å². The van der Waals surface area contributed by atoms with Gasteiger partial charge in [0.25, 0.3) is 8.32 Å². The fourth-order valence-corrected chi connectivity index (χ4v) is 10.5. The van der Waals surface area contributed by atoms with E-state index in [1.807, 2.05) is 43.3 Å². The zero-order chi connectivity index (χ0) is 29.1. The van der Waals surface area contributed by atoms with Gasteiger partial charge in [0.15, 0.2) is 14.1 Å². The van der Waals surface area contributed by atoms with Crippen molar-refractivity contribution in [3.63, 3.8) is 0 Å². The van der Waals surface area contributed by atoms with E-state index < -0.39 is 40.9 Å². The lowest BCUT2D eigenvalue weighted by molar-refractivity contribution is -0.145. The Morgan fingerprint density at radius 1 is 0.897 bits per heavy atom. The third-order valence-corrected chi connectivity index (χ3v) is 17.4. The van der Waals surface area contributed by atoms with Crippen molar-refractivity contribution < 1.29 is 23.2 Å². The van der Waals surface area contributed by atoms with Gasteiger partial charge in [-0.15, -0.1) is 0 Å². The highest BCUT2D eigenvalue weighted by molar-refractivity contribution is 6.99. The molecule has 0 bridgehead atoms. The summed E-state index contributed by atoms with van der Waals surface area (Å²) in [6.07, 6.45) is 4.45. The van der Waals surface area contributed by atoms with E-state index in [2.05, 4.69) is 78.9 Å². The van der Waals surface area contributed by atoms with Crippen molar-refractivity contribution in [2.45, 2.75) is 89.9 Å². The van der Waals surface area contributed by atoms with Crippen LogP contribution in [-0.4, -0.2) is 46.7 Å². The number of esters is 1. The second-order valence-corrected chi connectivity index (χ2v) is 21.8. The normalized spacial score (nSPS) is 19.7. The number of benzene rings is 2. The molecule has 3 atom stereocenters. The van der Waals surface area contributed by atoms with Gasteiger partial charge in [-0.3, -0.25) is 4.79 Å². The highest BCUT2D eigenvalue weighted by Gasteiger charge is 2.51.